The number of nitrogen functional groups attached to an aromatic ring is 1. The van der Waals surface area contributed by atoms with Gasteiger partial charge in [0.15, 0.2) is 11.6 Å². The van der Waals surface area contributed by atoms with Crippen molar-refractivity contribution in [2.75, 3.05) is 12.3 Å². The molecule has 1 heterocycles. The van der Waals surface area contributed by atoms with E-state index in [1.807, 2.05) is 6.92 Å². The number of anilines is 1. The maximum Gasteiger partial charge on any atom is 0.168 e. The summed E-state index contributed by atoms with van der Waals surface area (Å²) in [5.74, 6) is 0.900. The molecule has 0 bridgehead atoms. The molecule has 2 rings (SSSR count). The van der Waals surface area contributed by atoms with Crippen molar-refractivity contribution in [2.45, 2.75) is 13.5 Å². The lowest BCUT2D eigenvalue weighted by atomic mass is 10.3. The quantitative estimate of drug-likeness (QED) is 0.938. The zero-order chi connectivity index (χ0) is 13.1. The van der Waals surface area contributed by atoms with Gasteiger partial charge in [-0.1, -0.05) is 34.5 Å². The van der Waals surface area contributed by atoms with Crippen LogP contribution in [0.5, 0.6) is 5.75 Å². The van der Waals surface area contributed by atoms with Crippen LogP contribution in [0.4, 0.5) is 5.82 Å². The van der Waals surface area contributed by atoms with Gasteiger partial charge in [0.25, 0.3) is 0 Å². The zero-order valence-corrected chi connectivity index (χ0v) is 11.2. The third-order valence-corrected chi connectivity index (χ3v) is 3.08. The molecule has 0 saturated heterocycles. The minimum Gasteiger partial charge on any atom is -0.489 e. The van der Waals surface area contributed by atoms with Crippen molar-refractivity contribution in [3.63, 3.8) is 0 Å². The van der Waals surface area contributed by atoms with Gasteiger partial charge < -0.3 is 10.5 Å². The van der Waals surface area contributed by atoms with Crippen LogP contribution in [0.2, 0.25) is 10.0 Å². The van der Waals surface area contributed by atoms with Gasteiger partial charge in [-0.05, 0) is 19.1 Å². The number of benzene rings is 1. The molecule has 0 fully saturated rings. The second-order valence-electron chi connectivity index (χ2n) is 3.68. The van der Waals surface area contributed by atoms with Crippen molar-refractivity contribution in [3.05, 3.63) is 33.9 Å². The fourth-order valence-corrected chi connectivity index (χ4v) is 1.95. The van der Waals surface area contributed by atoms with Gasteiger partial charge in [0.2, 0.25) is 0 Å². The maximum absolute atomic E-state index is 5.98. The summed E-state index contributed by atoms with van der Waals surface area (Å²) in [5.41, 5.74) is 6.40. The Kier molecular flexibility index (Phi) is 3.93. The number of hydrogen-bond donors (Lipinski definition) is 1. The number of rotatable bonds is 4. The van der Waals surface area contributed by atoms with E-state index < -0.39 is 0 Å². The van der Waals surface area contributed by atoms with Gasteiger partial charge in [-0.3, -0.25) is 0 Å². The molecule has 0 spiro atoms. The highest BCUT2D eigenvalue weighted by Crippen LogP contribution is 2.32. The minimum absolute atomic E-state index is 0.382. The lowest BCUT2D eigenvalue weighted by Gasteiger charge is -2.10. The van der Waals surface area contributed by atoms with E-state index in [2.05, 4.69) is 10.3 Å². The fraction of sp³-hybridized carbons (Fsp3) is 0.273. The zero-order valence-electron chi connectivity index (χ0n) is 9.73. The van der Waals surface area contributed by atoms with Gasteiger partial charge in [-0.25, -0.2) is 4.68 Å². The van der Waals surface area contributed by atoms with Crippen molar-refractivity contribution in [1.29, 1.82) is 0 Å². The summed E-state index contributed by atoms with van der Waals surface area (Å²) in [5, 5.41) is 8.61. The molecule has 0 atom stereocenters. The van der Waals surface area contributed by atoms with Crippen LogP contribution in [0.1, 0.15) is 5.69 Å². The van der Waals surface area contributed by atoms with Crippen LogP contribution in [-0.2, 0) is 6.54 Å². The summed E-state index contributed by atoms with van der Waals surface area (Å²) in [6, 6.07) is 5.21. The highest BCUT2D eigenvalue weighted by molar-refractivity contribution is 6.37. The largest absolute Gasteiger partial charge is 0.489 e. The Labute approximate surface area is 114 Å². The Hall–Kier alpha value is -1.46. The Bertz CT molecular complexity index is 536. The predicted octanol–water partition coefficient (Wildman–Crippen LogP) is 2.55. The second-order valence-corrected chi connectivity index (χ2v) is 4.50. The molecule has 1 aromatic carbocycles. The highest BCUT2D eigenvalue weighted by atomic mass is 35.5. The highest BCUT2D eigenvalue weighted by Gasteiger charge is 2.08. The first-order chi connectivity index (χ1) is 8.59. The van der Waals surface area contributed by atoms with Crippen molar-refractivity contribution in [1.82, 2.24) is 15.0 Å². The molecule has 0 saturated carbocycles. The molecule has 0 aliphatic carbocycles. The van der Waals surface area contributed by atoms with Crippen molar-refractivity contribution >= 4 is 29.0 Å². The Morgan fingerprint density at radius 1 is 1.33 bits per heavy atom. The standard InChI is InChI=1S/C11H12Cl2N4O/c1-7-11(14)15-16-17(7)5-6-18-10-8(12)3-2-4-9(10)13/h2-4H,5-6,14H2,1H3. The van der Waals surface area contributed by atoms with Gasteiger partial charge in [0.1, 0.15) is 6.61 Å². The Morgan fingerprint density at radius 3 is 2.56 bits per heavy atom. The van der Waals surface area contributed by atoms with E-state index in [4.69, 9.17) is 33.7 Å². The van der Waals surface area contributed by atoms with Crippen LogP contribution < -0.4 is 10.5 Å². The van der Waals surface area contributed by atoms with E-state index in [0.717, 1.165) is 5.69 Å². The average molecular weight is 287 g/mol. The van der Waals surface area contributed by atoms with Gasteiger partial charge in [-0.15, -0.1) is 5.10 Å². The summed E-state index contributed by atoms with van der Waals surface area (Å²) in [6.45, 7) is 2.75. The van der Waals surface area contributed by atoms with Crippen molar-refractivity contribution in [3.8, 4) is 5.75 Å². The van der Waals surface area contributed by atoms with E-state index in [9.17, 15) is 0 Å². The number of halogens is 2. The maximum atomic E-state index is 5.98. The topological polar surface area (TPSA) is 66.0 Å². The Balaban J connectivity index is 1.99. The molecular weight excluding hydrogens is 275 g/mol. The molecule has 5 nitrogen and oxygen atoms in total. The van der Waals surface area contributed by atoms with E-state index in [1.165, 1.54) is 0 Å². The summed E-state index contributed by atoms with van der Waals surface area (Å²) in [7, 11) is 0. The molecule has 1 aromatic heterocycles. The lowest BCUT2D eigenvalue weighted by molar-refractivity contribution is 0.288. The van der Waals surface area contributed by atoms with Crippen LogP contribution in [0.3, 0.4) is 0 Å². The molecule has 0 unspecified atom stereocenters. The Morgan fingerprint density at radius 2 is 2.00 bits per heavy atom. The number of hydrogen-bond acceptors (Lipinski definition) is 4. The summed E-state index contributed by atoms with van der Waals surface area (Å²) < 4.78 is 7.21. The van der Waals surface area contributed by atoms with E-state index in [-0.39, 0.29) is 0 Å². The molecule has 96 valence electrons. The first-order valence-corrected chi connectivity index (χ1v) is 6.07. The first kappa shape index (κ1) is 13.0. The molecular formula is C11H12Cl2N4O. The van der Waals surface area contributed by atoms with Crippen LogP contribution in [-0.4, -0.2) is 21.6 Å². The number of nitrogens with two attached hydrogens (primary N) is 1. The first-order valence-electron chi connectivity index (χ1n) is 5.32. The number of ether oxygens (including phenoxy) is 1. The van der Waals surface area contributed by atoms with Gasteiger partial charge >= 0.3 is 0 Å². The van der Waals surface area contributed by atoms with E-state index in [1.54, 1.807) is 22.9 Å². The molecule has 0 amide bonds. The number of para-hydroxylation sites is 1. The number of nitrogens with zero attached hydrogens (tertiary/aromatic N) is 3. The van der Waals surface area contributed by atoms with Crippen molar-refractivity contribution < 1.29 is 4.74 Å². The molecule has 2 aromatic rings. The van der Waals surface area contributed by atoms with Gasteiger partial charge in [0, 0.05) is 0 Å². The van der Waals surface area contributed by atoms with Crippen LogP contribution in [0, 0.1) is 6.92 Å². The SMILES string of the molecule is Cc1c(N)nnn1CCOc1c(Cl)cccc1Cl. The minimum atomic E-state index is 0.382. The van der Waals surface area contributed by atoms with Crippen molar-refractivity contribution in [2.24, 2.45) is 0 Å². The van der Waals surface area contributed by atoms with Crippen LogP contribution in [0.25, 0.3) is 0 Å². The van der Waals surface area contributed by atoms with Crippen LogP contribution >= 0.6 is 23.2 Å². The van der Waals surface area contributed by atoms with Crippen LogP contribution in [0.15, 0.2) is 18.2 Å². The molecule has 7 heteroatoms. The molecule has 18 heavy (non-hydrogen) atoms. The summed E-state index contributed by atoms with van der Waals surface area (Å²) in [6.07, 6.45) is 0. The summed E-state index contributed by atoms with van der Waals surface area (Å²) >= 11 is 12.0. The predicted molar refractivity (Wildman–Crippen MR) is 71.1 cm³/mol. The average Bonchev–Trinajstić information content (AvgIpc) is 2.65. The third-order valence-electron chi connectivity index (χ3n) is 2.49. The third kappa shape index (κ3) is 2.68. The van der Waals surface area contributed by atoms with E-state index in [0.29, 0.717) is 34.8 Å². The van der Waals surface area contributed by atoms with E-state index >= 15 is 0 Å². The normalized spacial score (nSPS) is 10.6. The fourth-order valence-electron chi connectivity index (χ4n) is 1.44. The monoisotopic (exact) mass is 286 g/mol. The smallest absolute Gasteiger partial charge is 0.168 e. The molecule has 0 aliphatic rings. The molecule has 2 N–H and O–H groups in total. The van der Waals surface area contributed by atoms with Gasteiger partial charge in [-0.2, -0.15) is 0 Å². The molecule has 0 aliphatic heterocycles. The second kappa shape index (κ2) is 5.46. The van der Waals surface area contributed by atoms with Gasteiger partial charge in [0.05, 0.1) is 22.3 Å². The lowest BCUT2D eigenvalue weighted by Crippen LogP contribution is -2.11. The number of aromatic nitrogens is 3. The summed E-state index contributed by atoms with van der Waals surface area (Å²) in [4.78, 5) is 0. The molecule has 0 radical (unpaired) electrons.